The molecule has 0 spiro atoms. The highest BCUT2D eigenvalue weighted by Gasteiger charge is 2.18. The van der Waals surface area contributed by atoms with Crippen LogP contribution >= 0.6 is 0 Å². The zero-order chi connectivity index (χ0) is 49.3. The smallest absolute Gasteiger partial charge is 0.305 e. The maximum absolute atomic E-state index is 12.5. The van der Waals surface area contributed by atoms with E-state index in [1.165, 1.54) is 231 Å². The summed E-state index contributed by atoms with van der Waals surface area (Å²) >= 11 is 0. The van der Waals surface area contributed by atoms with Gasteiger partial charge in [0.25, 0.3) is 0 Å². The minimum atomic E-state index is -0.856. The van der Waals surface area contributed by atoms with Gasteiger partial charge in [0.1, 0.15) is 0 Å². The van der Waals surface area contributed by atoms with Gasteiger partial charge in [-0.25, -0.2) is 0 Å². The minimum Gasteiger partial charge on any atom is -0.466 e. The summed E-state index contributed by atoms with van der Waals surface area (Å²) in [7, 11) is 0. The molecule has 6 nitrogen and oxygen atoms in total. The summed E-state index contributed by atoms with van der Waals surface area (Å²) in [4.78, 5) is 24.6. The third-order valence-corrected chi connectivity index (χ3v) is 13.9. The van der Waals surface area contributed by atoms with E-state index < -0.39 is 12.1 Å². The van der Waals surface area contributed by atoms with E-state index in [1.807, 2.05) is 6.08 Å². The van der Waals surface area contributed by atoms with Crippen LogP contribution in [0.1, 0.15) is 322 Å². The summed E-state index contributed by atoms with van der Waals surface area (Å²) in [5, 5.41) is 23.2. The molecule has 2 atom stereocenters. The molecule has 0 aliphatic carbocycles. The molecule has 0 aromatic rings. The second-order valence-electron chi connectivity index (χ2n) is 20.7. The number of unbranched alkanes of at least 4 members (excludes halogenated alkanes) is 41. The van der Waals surface area contributed by atoms with Crippen LogP contribution in [0, 0.1) is 0 Å². The number of aliphatic hydroxyl groups excluding tert-OH is 2. The Labute approximate surface area is 424 Å². The van der Waals surface area contributed by atoms with Crippen molar-refractivity contribution in [3.63, 3.8) is 0 Å². The van der Waals surface area contributed by atoms with E-state index in [9.17, 15) is 19.8 Å². The van der Waals surface area contributed by atoms with Crippen LogP contribution in [0.2, 0.25) is 0 Å². The van der Waals surface area contributed by atoms with Gasteiger partial charge in [0, 0.05) is 12.8 Å². The molecule has 0 bridgehead atoms. The zero-order valence-corrected chi connectivity index (χ0v) is 45.6. The number of hydrogen-bond donors (Lipinski definition) is 3. The molecule has 0 aromatic carbocycles. The lowest BCUT2D eigenvalue weighted by Gasteiger charge is -2.20. The zero-order valence-electron chi connectivity index (χ0n) is 45.6. The Morgan fingerprint density at radius 1 is 0.412 bits per heavy atom. The number of rotatable bonds is 56. The number of esters is 1. The molecule has 6 heteroatoms. The van der Waals surface area contributed by atoms with Crippen LogP contribution < -0.4 is 5.32 Å². The van der Waals surface area contributed by atoms with Gasteiger partial charge in [0.05, 0.1) is 25.4 Å². The Balaban J connectivity index is 3.48. The lowest BCUT2D eigenvalue weighted by Crippen LogP contribution is -2.45. The molecule has 2 unspecified atom stereocenters. The van der Waals surface area contributed by atoms with Gasteiger partial charge in [-0.15, -0.1) is 0 Å². The molecule has 0 saturated heterocycles. The number of aliphatic hydroxyl groups is 2. The topological polar surface area (TPSA) is 95.9 Å². The molecule has 3 N–H and O–H groups in total. The van der Waals surface area contributed by atoms with E-state index >= 15 is 0 Å². The quantitative estimate of drug-likeness (QED) is 0.0321. The number of carbonyl (C=O) groups excluding carboxylic acids is 2. The van der Waals surface area contributed by atoms with Gasteiger partial charge in [-0.1, -0.05) is 281 Å². The standard InChI is InChI=1S/C62H117NO5/c1-3-5-7-9-11-13-15-17-19-21-23-25-26-28-30-34-38-42-46-50-54-60(65)59(58-64)63-61(66)55-51-47-43-39-35-32-33-37-41-45-49-53-57-68-62(67)56-52-48-44-40-36-31-29-27-24-22-20-18-16-14-12-10-8-6-4-2/h12,14,18,20,50,54,59-60,64-65H,3-11,13,15-17,19,21-49,51-53,55-58H2,1-2H3,(H,63,66)/b14-12-,20-18-,54-50+. The van der Waals surface area contributed by atoms with Crippen molar-refractivity contribution in [2.24, 2.45) is 0 Å². The largest absolute Gasteiger partial charge is 0.466 e. The van der Waals surface area contributed by atoms with Crippen LogP contribution in [-0.2, 0) is 14.3 Å². The van der Waals surface area contributed by atoms with Crippen molar-refractivity contribution in [1.82, 2.24) is 5.32 Å². The molecule has 0 heterocycles. The third kappa shape index (κ3) is 53.4. The van der Waals surface area contributed by atoms with E-state index in [1.54, 1.807) is 6.08 Å². The molecule has 0 radical (unpaired) electrons. The molecule has 68 heavy (non-hydrogen) atoms. The van der Waals surface area contributed by atoms with Crippen molar-refractivity contribution in [2.45, 2.75) is 334 Å². The van der Waals surface area contributed by atoms with E-state index in [2.05, 4.69) is 43.5 Å². The molecule has 0 aliphatic rings. The second kappa shape index (κ2) is 57.7. The maximum atomic E-state index is 12.5. The summed E-state index contributed by atoms with van der Waals surface area (Å²) in [6.45, 7) is 4.86. The molecule has 1 amide bonds. The van der Waals surface area contributed by atoms with Crippen LogP contribution in [0.5, 0.6) is 0 Å². The van der Waals surface area contributed by atoms with Gasteiger partial charge in [-0.2, -0.15) is 0 Å². The van der Waals surface area contributed by atoms with Crippen molar-refractivity contribution in [3.8, 4) is 0 Å². The van der Waals surface area contributed by atoms with Gasteiger partial charge in [-0.3, -0.25) is 9.59 Å². The summed E-state index contributed by atoms with van der Waals surface area (Å²) in [6.07, 6.45) is 71.6. The summed E-state index contributed by atoms with van der Waals surface area (Å²) < 4.78 is 5.48. The van der Waals surface area contributed by atoms with Crippen molar-refractivity contribution < 1.29 is 24.5 Å². The van der Waals surface area contributed by atoms with Crippen molar-refractivity contribution in [2.75, 3.05) is 13.2 Å². The number of hydrogen-bond acceptors (Lipinski definition) is 5. The Bertz CT molecular complexity index is 1100. The van der Waals surface area contributed by atoms with Crippen LogP contribution in [0.3, 0.4) is 0 Å². The Kier molecular flexibility index (Phi) is 56.0. The highest BCUT2D eigenvalue weighted by molar-refractivity contribution is 5.76. The van der Waals surface area contributed by atoms with Crippen molar-refractivity contribution in [1.29, 1.82) is 0 Å². The number of allylic oxidation sites excluding steroid dienone is 5. The lowest BCUT2D eigenvalue weighted by atomic mass is 10.0. The first-order chi connectivity index (χ1) is 33.5. The molecule has 0 aromatic heterocycles. The van der Waals surface area contributed by atoms with E-state index in [0.29, 0.717) is 19.4 Å². The van der Waals surface area contributed by atoms with Gasteiger partial charge in [0.15, 0.2) is 0 Å². The highest BCUT2D eigenvalue weighted by Crippen LogP contribution is 2.17. The molecule has 0 saturated carbocycles. The predicted octanol–water partition coefficient (Wildman–Crippen LogP) is 18.8. The van der Waals surface area contributed by atoms with E-state index in [-0.39, 0.29) is 18.5 Å². The fraction of sp³-hybridized carbons (Fsp3) is 0.871. The van der Waals surface area contributed by atoms with E-state index in [0.717, 1.165) is 64.2 Å². The van der Waals surface area contributed by atoms with Crippen LogP contribution in [-0.4, -0.2) is 47.4 Å². The predicted molar refractivity (Wildman–Crippen MR) is 296 cm³/mol. The van der Waals surface area contributed by atoms with E-state index in [4.69, 9.17) is 4.74 Å². The highest BCUT2D eigenvalue weighted by atomic mass is 16.5. The average Bonchev–Trinajstić information content (AvgIpc) is 3.34. The Morgan fingerprint density at radius 3 is 1.15 bits per heavy atom. The lowest BCUT2D eigenvalue weighted by molar-refractivity contribution is -0.143. The first-order valence-electron chi connectivity index (χ1n) is 30.3. The molecular formula is C62H117NO5. The molecule has 400 valence electrons. The SMILES string of the molecule is CCCCC/C=C\C/C=C\CCCCCCCCCCCC(=O)OCCCCCCCCCCCCCCC(=O)NC(CO)C(O)/C=C/CCCCCCCCCCCCCCCCCCCC. The van der Waals surface area contributed by atoms with Gasteiger partial charge in [-0.05, 0) is 64.2 Å². The number of ether oxygens (including phenoxy) is 1. The van der Waals surface area contributed by atoms with Gasteiger partial charge < -0.3 is 20.3 Å². The number of carbonyl (C=O) groups is 2. The fourth-order valence-corrected chi connectivity index (χ4v) is 9.25. The molecule has 0 fully saturated rings. The third-order valence-electron chi connectivity index (χ3n) is 13.9. The molecule has 0 aliphatic heterocycles. The summed E-state index contributed by atoms with van der Waals surface area (Å²) in [6, 6.07) is -0.641. The van der Waals surface area contributed by atoms with Crippen LogP contribution in [0.15, 0.2) is 36.5 Å². The average molecular weight is 957 g/mol. The number of amides is 1. The molecular weight excluding hydrogens is 839 g/mol. The molecule has 0 rings (SSSR count). The van der Waals surface area contributed by atoms with Crippen LogP contribution in [0.4, 0.5) is 0 Å². The first kappa shape index (κ1) is 66.1. The first-order valence-corrected chi connectivity index (χ1v) is 30.3. The van der Waals surface area contributed by atoms with Gasteiger partial charge in [0.2, 0.25) is 5.91 Å². The minimum absolute atomic E-state index is 0.0142. The normalized spacial score (nSPS) is 12.8. The van der Waals surface area contributed by atoms with Crippen molar-refractivity contribution in [3.05, 3.63) is 36.5 Å². The second-order valence-corrected chi connectivity index (χ2v) is 20.7. The fourth-order valence-electron chi connectivity index (χ4n) is 9.25. The maximum Gasteiger partial charge on any atom is 0.305 e. The van der Waals surface area contributed by atoms with Crippen molar-refractivity contribution >= 4 is 11.9 Å². The Hall–Kier alpha value is -1.92. The number of nitrogens with one attached hydrogen (secondary N) is 1. The summed E-state index contributed by atoms with van der Waals surface area (Å²) in [5.41, 5.74) is 0. The Morgan fingerprint density at radius 2 is 0.735 bits per heavy atom. The van der Waals surface area contributed by atoms with Crippen LogP contribution in [0.25, 0.3) is 0 Å². The monoisotopic (exact) mass is 956 g/mol. The van der Waals surface area contributed by atoms with Gasteiger partial charge >= 0.3 is 5.97 Å². The summed E-state index contributed by atoms with van der Waals surface area (Å²) in [5.74, 6) is -0.0957.